The monoisotopic (exact) mass is 342 g/mol. The fourth-order valence-electron chi connectivity index (χ4n) is 2.73. The quantitative estimate of drug-likeness (QED) is 0.847. The van der Waals surface area contributed by atoms with Crippen LogP contribution in [0.3, 0.4) is 0 Å². The molecular weight excluding hydrogens is 320 g/mol. The molecule has 0 saturated carbocycles. The summed E-state index contributed by atoms with van der Waals surface area (Å²) in [5, 5.41) is 2.99. The first-order valence-corrected chi connectivity index (χ1v) is 9.02. The smallest absolute Gasteiger partial charge is 0.249 e. The van der Waals surface area contributed by atoms with Crippen molar-refractivity contribution in [3.05, 3.63) is 60.2 Å². The third-order valence-electron chi connectivity index (χ3n) is 4.06. The zero-order chi connectivity index (χ0) is 16.8. The molecule has 1 heterocycles. The fourth-order valence-corrected chi connectivity index (χ4v) is 3.70. The molecule has 1 fully saturated rings. The van der Waals surface area contributed by atoms with E-state index in [1.807, 2.05) is 36.4 Å². The highest BCUT2D eigenvalue weighted by Gasteiger charge is 2.29. The van der Waals surface area contributed by atoms with Crippen LogP contribution in [0.25, 0.3) is 0 Å². The van der Waals surface area contributed by atoms with E-state index in [0.29, 0.717) is 13.1 Å². The SMILES string of the molecule is NC[C@H]1CC[C@@H](C(=O)NCc2ccccc2Sc2ccccc2)O1. The number of hydrogen-bond acceptors (Lipinski definition) is 4. The molecule has 3 N–H and O–H groups in total. The molecule has 2 aromatic rings. The summed E-state index contributed by atoms with van der Waals surface area (Å²) in [7, 11) is 0. The molecule has 5 heteroatoms. The van der Waals surface area contributed by atoms with Gasteiger partial charge in [-0.15, -0.1) is 0 Å². The Balaban J connectivity index is 1.60. The average Bonchev–Trinajstić information content (AvgIpc) is 3.11. The summed E-state index contributed by atoms with van der Waals surface area (Å²) in [5.41, 5.74) is 6.70. The first-order valence-electron chi connectivity index (χ1n) is 8.20. The summed E-state index contributed by atoms with van der Waals surface area (Å²) < 4.78 is 5.64. The maximum atomic E-state index is 12.3. The molecule has 0 aliphatic carbocycles. The van der Waals surface area contributed by atoms with Gasteiger partial charge in [-0.2, -0.15) is 0 Å². The molecule has 0 radical (unpaired) electrons. The highest BCUT2D eigenvalue weighted by atomic mass is 32.2. The van der Waals surface area contributed by atoms with E-state index in [1.54, 1.807) is 11.8 Å². The van der Waals surface area contributed by atoms with Crippen LogP contribution in [0.1, 0.15) is 18.4 Å². The Kier molecular flexibility index (Phi) is 5.91. The zero-order valence-corrected chi connectivity index (χ0v) is 14.3. The minimum absolute atomic E-state index is 0.0154. The first-order chi connectivity index (χ1) is 11.8. The van der Waals surface area contributed by atoms with Crippen molar-refractivity contribution in [2.24, 2.45) is 5.73 Å². The minimum Gasteiger partial charge on any atom is -0.364 e. The van der Waals surface area contributed by atoms with Gasteiger partial charge in [0.15, 0.2) is 0 Å². The molecule has 24 heavy (non-hydrogen) atoms. The highest BCUT2D eigenvalue weighted by molar-refractivity contribution is 7.99. The summed E-state index contributed by atoms with van der Waals surface area (Å²) in [6.07, 6.45) is 1.25. The number of carbonyl (C=O) groups is 1. The van der Waals surface area contributed by atoms with Crippen LogP contribution in [0.2, 0.25) is 0 Å². The van der Waals surface area contributed by atoms with Crippen LogP contribution in [-0.2, 0) is 16.1 Å². The van der Waals surface area contributed by atoms with Crippen LogP contribution in [0.4, 0.5) is 0 Å². The summed E-state index contributed by atoms with van der Waals surface area (Å²) in [5.74, 6) is -0.0505. The maximum Gasteiger partial charge on any atom is 0.249 e. The largest absolute Gasteiger partial charge is 0.364 e. The van der Waals surface area contributed by atoms with Crippen LogP contribution < -0.4 is 11.1 Å². The molecule has 0 bridgehead atoms. The third-order valence-corrected chi connectivity index (χ3v) is 5.19. The Labute approximate surface area is 146 Å². The lowest BCUT2D eigenvalue weighted by Crippen LogP contribution is -2.35. The number of hydrogen-bond donors (Lipinski definition) is 2. The molecule has 2 atom stereocenters. The van der Waals surface area contributed by atoms with Crippen molar-refractivity contribution >= 4 is 17.7 Å². The van der Waals surface area contributed by atoms with Gasteiger partial charge in [-0.25, -0.2) is 0 Å². The van der Waals surface area contributed by atoms with Gasteiger partial charge in [0.1, 0.15) is 6.10 Å². The van der Waals surface area contributed by atoms with Crippen LogP contribution in [0, 0.1) is 0 Å². The van der Waals surface area contributed by atoms with Crippen molar-refractivity contribution in [1.29, 1.82) is 0 Å². The topological polar surface area (TPSA) is 64.4 Å². The van der Waals surface area contributed by atoms with Gasteiger partial charge in [0.2, 0.25) is 5.91 Å². The number of benzene rings is 2. The van der Waals surface area contributed by atoms with E-state index in [9.17, 15) is 4.79 Å². The van der Waals surface area contributed by atoms with E-state index in [0.717, 1.165) is 23.3 Å². The van der Waals surface area contributed by atoms with E-state index in [-0.39, 0.29) is 18.1 Å². The first kappa shape index (κ1) is 17.0. The summed E-state index contributed by atoms with van der Waals surface area (Å²) >= 11 is 1.70. The summed E-state index contributed by atoms with van der Waals surface area (Å²) in [6, 6.07) is 18.4. The van der Waals surface area contributed by atoms with Gasteiger partial charge in [-0.05, 0) is 36.6 Å². The van der Waals surface area contributed by atoms with E-state index < -0.39 is 0 Å². The van der Waals surface area contributed by atoms with Crippen LogP contribution in [0.15, 0.2) is 64.4 Å². The second-order valence-electron chi connectivity index (χ2n) is 5.80. The van der Waals surface area contributed by atoms with Crippen LogP contribution >= 0.6 is 11.8 Å². The van der Waals surface area contributed by atoms with Crippen molar-refractivity contribution in [2.45, 2.75) is 41.4 Å². The van der Waals surface area contributed by atoms with Crippen molar-refractivity contribution in [3.63, 3.8) is 0 Å². The van der Waals surface area contributed by atoms with Crippen LogP contribution in [-0.4, -0.2) is 24.7 Å². The fraction of sp³-hybridized carbons (Fsp3) is 0.316. The molecule has 2 aromatic carbocycles. The third kappa shape index (κ3) is 4.38. The Morgan fingerprint density at radius 2 is 1.88 bits per heavy atom. The van der Waals surface area contributed by atoms with E-state index in [4.69, 9.17) is 10.5 Å². The lowest BCUT2D eigenvalue weighted by Gasteiger charge is -2.14. The molecule has 0 aromatic heterocycles. The van der Waals surface area contributed by atoms with E-state index in [2.05, 4.69) is 23.5 Å². The Morgan fingerprint density at radius 1 is 1.12 bits per heavy atom. The lowest BCUT2D eigenvalue weighted by atomic mass is 10.2. The van der Waals surface area contributed by atoms with Gasteiger partial charge in [-0.1, -0.05) is 48.2 Å². The number of nitrogens with one attached hydrogen (secondary N) is 1. The van der Waals surface area contributed by atoms with Crippen molar-refractivity contribution in [2.75, 3.05) is 6.54 Å². The molecule has 4 nitrogen and oxygen atoms in total. The Hall–Kier alpha value is -1.82. The van der Waals surface area contributed by atoms with E-state index in [1.165, 1.54) is 4.90 Å². The van der Waals surface area contributed by atoms with Gasteiger partial charge >= 0.3 is 0 Å². The van der Waals surface area contributed by atoms with E-state index >= 15 is 0 Å². The minimum atomic E-state index is -0.368. The van der Waals surface area contributed by atoms with Crippen molar-refractivity contribution < 1.29 is 9.53 Å². The highest BCUT2D eigenvalue weighted by Crippen LogP contribution is 2.30. The average molecular weight is 342 g/mol. The molecule has 1 aliphatic heterocycles. The molecule has 1 saturated heterocycles. The predicted molar refractivity (Wildman–Crippen MR) is 95.8 cm³/mol. The molecule has 0 unspecified atom stereocenters. The molecule has 0 spiro atoms. The number of amides is 1. The molecule has 1 aliphatic rings. The normalized spacial score (nSPS) is 20.0. The summed E-state index contributed by atoms with van der Waals surface area (Å²) in [6.45, 7) is 0.975. The zero-order valence-electron chi connectivity index (χ0n) is 13.5. The number of ether oxygens (including phenoxy) is 1. The van der Waals surface area contributed by atoms with Gasteiger partial charge in [0, 0.05) is 22.9 Å². The number of nitrogens with two attached hydrogens (primary N) is 1. The van der Waals surface area contributed by atoms with Crippen LogP contribution in [0.5, 0.6) is 0 Å². The van der Waals surface area contributed by atoms with Gasteiger partial charge in [-0.3, -0.25) is 4.79 Å². The molecular formula is C19H22N2O2S. The maximum absolute atomic E-state index is 12.3. The Bertz CT molecular complexity index is 678. The molecule has 1 amide bonds. The van der Waals surface area contributed by atoms with Crippen molar-refractivity contribution in [1.82, 2.24) is 5.32 Å². The van der Waals surface area contributed by atoms with Crippen molar-refractivity contribution in [3.8, 4) is 0 Å². The second-order valence-corrected chi connectivity index (χ2v) is 6.92. The Morgan fingerprint density at radius 3 is 2.62 bits per heavy atom. The van der Waals surface area contributed by atoms with Gasteiger partial charge in [0.05, 0.1) is 6.10 Å². The van der Waals surface area contributed by atoms with Gasteiger partial charge < -0.3 is 15.8 Å². The molecule has 3 rings (SSSR count). The number of carbonyl (C=O) groups excluding carboxylic acids is 1. The lowest BCUT2D eigenvalue weighted by molar-refractivity contribution is -0.132. The summed E-state index contributed by atoms with van der Waals surface area (Å²) in [4.78, 5) is 14.6. The molecule has 126 valence electrons. The second kappa shape index (κ2) is 8.33. The van der Waals surface area contributed by atoms with Gasteiger partial charge in [0.25, 0.3) is 0 Å². The predicted octanol–water partition coefficient (Wildman–Crippen LogP) is 2.96. The standard InChI is InChI=1S/C19H22N2O2S/c20-12-15-10-11-17(23-15)19(22)21-13-14-6-4-5-9-18(14)24-16-7-2-1-3-8-16/h1-9,15,17H,10-13,20H2,(H,21,22)/t15-,17+/m1/s1. The number of rotatable bonds is 6.